The Hall–Kier alpha value is -3.04. The number of hydrogen-bond donors (Lipinski definition) is 2. The van der Waals surface area contributed by atoms with E-state index in [9.17, 15) is 22.8 Å². The molecule has 1 aliphatic heterocycles. The predicted octanol–water partition coefficient (Wildman–Crippen LogP) is 2.14. The highest BCUT2D eigenvalue weighted by molar-refractivity contribution is 7.89. The van der Waals surface area contributed by atoms with Crippen molar-refractivity contribution in [3.8, 4) is 0 Å². The molecule has 4 rings (SSSR count). The van der Waals surface area contributed by atoms with Crippen LogP contribution < -0.4 is 10.0 Å². The third kappa shape index (κ3) is 5.97. The summed E-state index contributed by atoms with van der Waals surface area (Å²) < 4.78 is 27.3. The summed E-state index contributed by atoms with van der Waals surface area (Å²) in [7, 11) is -3.73. The number of carbonyl (C=O) groups is 3. The maximum atomic E-state index is 12.8. The molecule has 0 bridgehead atoms. The number of aryl methyl sites for hydroxylation is 1. The fourth-order valence-electron chi connectivity index (χ4n) is 4.80. The van der Waals surface area contributed by atoms with Gasteiger partial charge in [0.1, 0.15) is 5.92 Å². The van der Waals surface area contributed by atoms with E-state index in [2.05, 4.69) is 22.2 Å². The first-order valence-corrected chi connectivity index (χ1v) is 13.5. The second kappa shape index (κ2) is 10.7. The van der Waals surface area contributed by atoms with Gasteiger partial charge in [-0.25, -0.2) is 13.1 Å². The van der Waals surface area contributed by atoms with Gasteiger partial charge >= 0.3 is 0 Å². The Labute approximate surface area is 206 Å². The van der Waals surface area contributed by atoms with E-state index in [0.29, 0.717) is 5.92 Å². The molecule has 0 spiro atoms. The van der Waals surface area contributed by atoms with E-state index < -0.39 is 33.5 Å². The van der Waals surface area contributed by atoms with Crippen LogP contribution in [0.2, 0.25) is 0 Å². The van der Waals surface area contributed by atoms with Crippen LogP contribution in [0.1, 0.15) is 42.7 Å². The predicted molar refractivity (Wildman–Crippen MR) is 131 cm³/mol. The van der Waals surface area contributed by atoms with E-state index in [1.165, 1.54) is 22.6 Å². The van der Waals surface area contributed by atoms with E-state index >= 15 is 0 Å². The topological polar surface area (TPSA) is 113 Å². The van der Waals surface area contributed by atoms with Crippen molar-refractivity contribution in [2.24, 2.45) is 5.92 Å². The van der Waals surface area contributed by atoms with Crippen molar-refractivity contribution in [3.05, 3.63) is 65.7 Å². The van der Waals surface area contributed by atoms with Crippen molar-refractivity contribution in [1.82, 2.24) is 14.9 Å². The molecule has 0 aromatic heterocycles. The second-order valence-corrected chi connectivity index (χ2v) is 11.1. The lowest BCUT2D eigenvalue weighted by atomic mass is 9.81. The average molecular weight is 498 g/mol. The largest absolute Gasteiger partial charge is 0.353 e. The van der Waals surface area contributed by atoms with Crippen molar-refractivity contribution >= 4 is 27.6 Å². The van der Waals surface area contributed by atoms with Gasteiger partial charge in [-0.15, -0.1) is 0 Å². The quantitative estimate of drug-likeness (QED) is 0.429. The first-order valence-electron chi connectivity index (χ1n) is 12.0. The Morgan fingerprint density at radius 1 is 0.971 bits per heavy atom. The minimum Gasteiger partial charge on any atom is -0.353 e. The van der Waals surface area contributed by atoms with E-state index in [4.69, 9.17) is 0 Å². The third-order valence-electron chi connectivity index (χ3n) is 6.88. The smallest absolute Gasteiger partial charge is 0.290 e. The molecular weight excluding hydrogens is 466 g/mol. The molecule has 2 fully saturated rings. The molecule has 2 aromatic carbocycles. The summed E-state index contributed by atoms with van der Waals surface area (Å²) in [4.78, 5) is 39.0. The minimum absolute atomic E-state index is 0.0132. The Balaban J connectivity index is 1.25. The maximum absolute atomic E-state index is 12.8. The van der Waals surface area contributed by atoms with Crippen molar-refractivity contribution in [2.45, 2.75) is 49.5 Å². The van der Waals surface area contributed by atoms with E-state index in [1.54, 1.807) is 12.1 Å². The number of nitrogens with one attached hydrogen (secondary N) is 2. The fourth-order valence-corrected chi connectivity index (χ4v) is 5.82. The third-order valence-corrected chi connectivity index (χ3v) is 8.36. The number of likely N-dealkylation sites (tertiary alicyclic amines) is 1. The van der Waals surface area contributed by atoms with Crippen LogP contribution >= 0.6 is 0 Å². The lowest BCUT2D eigenvalue weighted by molar-refractivity contribution is -0.142. The van der Waals surface area contributed by atoms with E-state index in [1.807, 2.05) is 25.1 Å². The summed E-state index contributed by atoms with van der Waals surface area (Å²) >= 11 is 0. The van der Waals surface area contributed by atoms with Gasteiger partial charge in [-0.05, 0) is 56.2 Å². The normalized spacial score (nSPS) is 22.9. The number of nitrogens with zero attached hydrogens (tertiary/aromatic N) is 1. The molecular formula is C26H31N3O5S. The highest BCUT2D eigenvalue weighted by Gasteiger charge is 2.43. The summed E-state index contributed by atoms with van der Waals surface area (Å²) in [6.45, 7) is 1.80. The molecule has 2 N–H and O–H groups in total. The molecule has 1 heterocycles. The lowest BCUT2D eigenvalue weighted by Crippen LogP contribution is -2.43. The van der Waals surface area contributed by atoms with Gasteiger partial charge in [0.05, 0.1) is 4.90 Å². The van der Waals surface area contributed by atoms with Crippen molar-refractivity contribution < 1.29 is 22.8 Å². The molecule has 2 amide bonds. The molecule has 186 valence electrons. The Kier molecular flexibility index (Phi) is 7.66. The van der Waals surface area contributed by atoms with Crippen molar-refractivity contribution in [1.29, 1.82) is 0 Å². The monoisotopic (exact) mass is 497 g/mol. The molecule has 0 radical (unpaired) electrons. The minimum atomic E-state index is -3.73. The van der Waals surface area contributed by atoms with Gasteiger partial charge < -0.3 is 10.2 Å². The lowest BCUT2D eigenvalue weighted by Gasteiger charge is -2.30. The van der Waals surface area contributed by atoms with Crippen LogP contribution in [0.3, 0.4) is 0 Å². The summed E-state index contributed by atoms with van der Waals surface area (Å²) in [5.74, 6) is -2.48. The van der Waals surface area contributed by atoms with Crippen molar-refractivity contribution in [2.75, 3.05) is 19.6 Å². The number of carbonyl (C=O) groups excluding carboxylic acids is 3. The number of benzene rings is 2. The molecule has 1 unspecified atom stereocenters. The number of amides is 2. The maximum Gasteiger partial charge on any atom is 0.290 e. The molecule has 8 nitrogen and oxygen atoms in total. The first-order chi connectivity index (χ1) is 16.7. The molecule has 2 aromatic rings. The molecule has 1 saturated carbocycles. The Morgan fingerprint density at radius 2 is 1.63 bits per heavy atom. The standard InChI is InChI=1S/C26H31N3O5S/c1-18-7-13-22(14-8-18)35(33,34)27-15-16-29-17-23(24(30)26(29)32)25(31)28-21-11-9-20(10-12-21)19-5-3-2-4-6-19/h2-8,13-14,20-21,23,27H,9-12,15-17H2,1H3,(H,28,31). The highest BCUT2D eigenvalue weighted by atomic mass is 32.2. The molecule has 9 heteroatoms. The van der Waals surface area contributed by atoms with Gasteiger partial charge in [0, 0.05) is 25.7 Å². The van der Waals surface area contributed by atoms with Crippen LogP contribution in [-0.4, -0.2) is 56.6 Å². The van der Waals surface area contributed by atoms with Crippen molar-refractivity contribution in [3.63, 3.8) is 0 Å². The molecule has 2 aliphatic rings. The van der Waals surface area contributed by atoms with E-state index in [0.717, 1.165) is 31.2 Å². The Bertz CT molecular complexity index is 1170. The zero-order chi connectivity index (χ0) is 25.0. The summed E-state index contributed by atoms with van der Waals surface area (Å²) in [6.07, 6.45) is 3.56. The zero-order valence-corrected chi connectivity index (χ0v) is 20.6. The highest BCUT2D eigenvalue weighted by Crippen LogP contribution is 2.33. The average Bonchev–Trinajstić information content (AvgIpc) is 3.14. The second-order valence-electron chi connectivity index (χ2n) is 9.35. The SMILES string of the molecule is Cc1ccc(S(=O)(=O)NCCN2CC(C(=O)NC3CCC(c4ccccc4)CC3)C(=O)C2=O)cc1. The fraction of sp³-hybridized carbons (Fsp3) is 0.423. The Morgan fingerprint density at radius 3 is 2.29 bits per heavy atom. The molecule has 35 heavy (non-hydrogen) atoms. The van der Waals surface area contributed by atoms with E-state index in [-0.39, 0.29) is 30.6 Å². The number of hydrogen-bond acceptors (Lipinski definition) is 5. The van der Waals surface area contributed by atoms with Crippen LogP contribution in [0.25, 0.3) is 0 Å². The number of ketones is 1. The van der Waals surface area contributed by atoms with Gasteiger partial charge in [-0.2, -0.15) is 0 Å². The van der Waals surface area contributed by atoms with Gasteiger partial charge in [-0.3, -0.25) is 14.4 Å². The summed E-state index contributed by atoms with van der Waals surface area (Å²) in [5, 5.41) is 2.96. The van der Waals surface area contributed by atoms with Gasteiger partial charge in [0.2, 0.25) is 21.7 Å². The summed E-state index contributed by atoms with van der Waals surface area (Å²) in [5.41, 5.74) is 2.25. The van der Waals surface area contributed by atoms with Gasteiger partial charge in [-0.1, -0.05) is 48.0 Å². The number of sulfonamides is 1. The molecule has 1 saturated heterocycles. The number of Topliss-reactive ketones (excluding diaryl/α,β-unsaturated/α-hetero) is 1. The first kappa shape index (κ1) is 25.1. The van der Waals surface area contributed by atoms with Gasteiger partial charge in [0.15, 0.2) is 0 Å². The van der Waals surface area contributed by atoms with Crippen LogP contribution in [0.4, 0.5) is 0 Å². The van der Waals surface area contributed by atoms with Crippen LogP contribution in [0.5, 0.6) is 0 Å². The molecule has 1 aliphatic carbocycles. The molecule has 1 atom stereocenters. The zero-order valence-electron chi connectivity index (χ0n) is 19.8. The number of rotatable bonds is 8. The van der Waals surface area contributed by atoms with Gasteiger partial charge in [0.25, 0.3) is 5.91 Å². The summed E-state index contributed by atoms with van der Waals surface area (Å²) in [6, 6.07) is 16.7. The van der Waals surface area contributed by atoms with Crippen LogP contribution in [0.15, 0.2) is 59.5 Å². The van der Waals surface area contributed by atoms with Crippen LogP contribution in [-0.2, 0) is 24.4 Å². The van der Waals surface area contributed by atoms with Crippen LogP contribution in [0, 0.1) is 12.8 Å².